The molecule has 138 valence electrons. The van der Waals surface area contributed by atoms with Crippen molar-refractivity contribution in [3.05, 3.63) is 63.7 Å². The number of hydrogen-bond acceptors (Lipinski definition) is 6. The first-order valence-corrected chi connectivity index (χ1v) is 9.13. The second kappa shape index (κ2) is 7.52. The predicted molar refractivity (Wildman–Crippen MR) is 95.8 cm³/mol. The number of ether oxygens (including phenoxy) is 1. The number of carbonyl (C=O) groups excluding carboxylic acids is 1. The summed E-state index contributed by atoms with van der Waals surface area (Å²) >= 11 is 0. The number of aryl methyl sites for hydroxylation is 1. The van der Waals surface area contributed by atoms with Crippen molar-refractivity contribution in [2.24, 2.45) is 0 Å². The summed E-state index contributed by atoms with van der Waals surface area (Å²) in [6, 6.07) is 9.59. The van der Waals surface area contributed by atoms with Crippen molar-refractivity contribution in [3.8, 4) is 0 Å². The summed E-state index contributed by atoms with van der Waals surface area (Å²) < 4.78 is 31.4. The van der Waals surface area contributed by atoms with E-state index in [1.807, 2.05) is 0 Å². The van der Waals surface area contributed by atoms with Crippen LogP contribution in [0, 0.1) is 17.0 Å². The first-order chi connectivity index (χ1) is 12.2. The fourth-order valence-electron chi connectivity index (χ4n) is 2.27. The van der Waals surface area contributed by atoms with Crippen molar-refractivity contribution in [3.63, 3.8) is 0 Å². The van der Waals surface area contributed by atoms with E-state index in [2.05, 4.69) is 0 Å². The average molecular weight is 378 g/mol. The number of esters is 1. The number of anilines is 1. The molecule has 0 unspecified atom stereocenters. The van der Waals surface area contributed by atoms with Gasteiger partial charge in [0.05, 0.1) is 27.7 Å². The third-order valence-electron chi connectivity index (χ3n) is 3.78. The van der Waals surface area contributed by atoms with Crippen LogP contribution in [0.5, 0.6) is 0 Å². The standard InChI is InChI=1S/C17H18N2O6S/c1-4-25-17(20)13-6-8-14(9-7-13)18(3)26(23,24)15-10-5-12(2)16(11-15)19(21)22/h5-11H,4H2,1-3H3. The molecule has 26 heavy (non-hydrogen) atoms. The van der Waals surface area contributed by atoms with Gasteiger partial charge in [0, 0.05) is 18.7 Å². The number of benzene rings is 2. The minimum absolute atomic E-state index is 0.188. The molecule has 0 aliphatic rings. The zero-order valence-corrected chi connectivity index (χ0v) is 15.3. The Morgan fingerprint density at radius 2 is 1.81 bits per heavy atom. The SMILES string of the molecule is CCOC(=O)c1ccc(N(C)S(=O)(=O)c2ccc(C)c([N+](=O)[O-])c2)cc1. The Labute approximate surface area is 151 Å². The average Bonchev–Trinajstić information content (AvgIpc) is 2.61. The molecule has 2 aromatic carbocycles. The Balaban J connectivity index is 2.36. The third-order valence-corrected chi connectivity index (χ3v) is 5.56. The number of nitro benzene ring substituents is 1. The van der Waals surface area contributed by atoms with Gasteiger partial charge in [-0.15, -0.1) is 0 Å². The van der Waals surface area contributed by atoms with Crippen molar-refractivity contribution in [1.82, 2.24) is 0 Å². The molecule has 0 heterocycles. The maximum Gasteiger partial charge on any atom is 0.338 e. The molecule has 0 aliphatic heterocycles. The van der Waals surface area contributed by atoms with Crippen LogP contribution in [0.2, 0.25) is 0 Å². The van der Waals surface area contributed by atoms with E-state index in [1.165, 1.54) is 50.4 Å². The lowest BCUT2D eigenvalue weighted by Gasteiger charge is -2.19. The summed E-state index contributed by atoms with van der Waals surface area (Å²) in [7, 11) is -2.66. The summed E-state index contributed by atoms with van der Waals surface area (Å²) in [6.07, 6.45) is 0. The molecule has 0 amide bonds. The van der Waals surface area contributed by atoms with Crippen molar-refractivity contribution >= 4 is 27.4 Å². The highest BCUT2D eigenvalue weighted by Crippen LogP contribution is 2.27. The van der Waals surface area contributed by atoms with E-state index in [0.29, 0.717) is 16.8 Å². The van der Waals surface area contributed by atoms with Crippen molar-refractivity contribution < 1.29 is 22.9 Å². The maximum absolute atomic E-state index is 12.8. The largest absolute Gasteiger partial charge is 0.462 e. The Kier molecular flexibility index (Phi) is 5.61. The van der Waals surface area contributed by atoms with Gasteiger partial charge in [-0.2, -0.15) is 0 Å². The van der Waals surface area contributed by atoms with Crippen LogP contribution in [0.25, 0.3) is 0 Å². The Morgan fingerprint density at radius 3 is 2.35 bits per heavy atom. The topological polar surface area (TPSA) is 107 Å². The quantitative estimate of drug-likeness (QED) is 0.435. The molecule has 9 heteroatoms. The van der Waals surface area contributed by atoms with Crippen molar-refractivity contribution in [2.75, 3.05) is 18.0 Å². The lowest BCUT2D eigenvalue weighted by molar-refractivity contribution is -0.385. The molecule has 0 aromatic heterocycles. The Bertz CT molecular complexity index is 938. The van der Waals surface area contributed by atoms with E-state index in [0.717, 1.165) is 10.4 Å². The normalized spacial score (nSPS) is 11.0. The van der Waals surface area contributed by atoms with E-state index in [1.54, 1.807) is 6.92 Å². The van der Waals surface area contributed by atoms with E-state index < -0.39 is 20.9 Å². The zero-order valence-electron chi connectivity index (χ0n) is 14.5. The van der Waals surface area contributed by atoms with Gasteiger partial charge in [-0.05, 0) is 44.2 Å². The fourth-order valence-corrected chi connectivity index (χ4v) is 3.48. The second-order valence-electron chi connectivity index (χ2n) is 5.45. The van der Waals surface area contributed by atoms with Crippen LogP contribution in [0.4, 0.5) is 11.4 Å². The zero-order chi connectivity index (χ0) is 19.5. The molecule has 0 aliphatic carbocycles. The Morgan fingerprint density at radius 1 is 1.19 bits per heavy atom. The van der Waals surface area contributed by atoms with Crippen LogP contribution in [0.1, 0.15) is 22.8 Å². The molecule has 8 nitrogen and oxygen atoms in total. The highest BCUT2D eigenvalue weighted by Gasteiger charge is 2.24. The molecule has 0 saturated carbocycles. The molecule has 0 fully saturated rings. The number of rotatable bonds is 6. The fraction of sp³-hybridized carbons (Fsp3) is 0.235. The van der Waals surface area contributed by atoms with Crippen molar-refractivity contribution in [1.29, 1.82) is 0 Å². The lowest BCUT2D eigenvalue weighted by Crippen LogP contribution is -2.26. The molecule has 0 bridgehead atoms. The lowest BCUT2D eigenvalue weighted by atomic mass is 10.2. The molecular weight excluding hydrogens is 360 g/mol. The maximum atomic E-state index is 12.8. The monoisotopic (exact) mass is 378 g/mol. The highest BCUT2D eigenvalue weighted by molar-refractivity contribution is 7.92. The second-order valence-corrected chi connectivity index (χ2v) is 7.41. The predicted octanol–water partition coefficient (Wildman–Crippen LogP) is 2.91. The van der Waals surface area contributed by atoms with Crippen LogP contribution in [-0.2, 0) is 14.8 Å². The molecule has 0 radical (unpaired) electrons. The number of nitro groups is 1. The first-order valence-electron chi connectivity index (χ1n) is 7.69. The summed E-state index contributed by atoms with van der Waals surface area (Å²) in [5.74, 6) is -0.501. The van der Waals surface area contributed by atoms with Gasteiger partial charge in [0.15, 0.2) is 0 Å². The molecule has 0 saturated heterocycles. The molecule has 2 aromatic rings. The van der Waals surface area contributed by atoms with E-state index in [4.69, 9.17) is 4.74 Å². The van der Waals surface area contributed by atoms with Gasteiger partial charge < -0.3 is 4.74 Å². The molecule has 0 N–H and O–H groups in total. The smallest absolute Gasteiger partial charge is 0.338 e. The van der Waals surface area contributed by atoms with Gasteiger partial charge >= 0.3 is 5.97 Å². The molecule has 2 rings (SSSR count). The van der Waals surface area contributed by atoms with Crippen LogP contribution in [0.15, 0.2) is 47.4 Å². The summed E-state index contributed by atoms with van der Waals surface area (Å²) in [6.45, 7) is 3.46. The summed E-state index contributed by atoms with van der Waals surface area (Å²) in [5.41, 5.74) is 0.709. The van der Waals surface area contributed by atoms with Gasteiger partial charge in [-0.3, -0.25) is 14.4 Å². The third kappa shape index (κ3) is 3.83. The highest BCUT2D eigenvalue weighted by atomic mass is 32.2. The van der Waals surface area contributed by atoms with E-state index in [-0.39, 0.29) is 17.2 Å². The van der Waals surface area contributed by atoms with Gasteiger partial charge in [0.2, 0.25) is 0 Å². The van der Waals surface area contributed by atoms with Gasteiger partial charge in [0.25, 0.3) is 15.7 Å². The van der Waals surface area contributed by atoms with E-state index in [9.17, 15) is 23.3 Å². The number of nitrogens with zero attached hydrogens (tertiary/aromatic N) is 2. The Hall–Kier alpha value is -2.94. The summed E-state index contributed by atoms with van der Waals surface area (Å²) in [4.78, 5) is 21.9. The molecular formula is C17H18N2O6S. The van der Waals surface area contributed by atoms with Gasteiger partial charge in [-0.25, -0.2) is 13.2 Å². The van der Waals surface area contributed by atoms with Crippen LogP contribution in [-0.4, -0.2) is 33.0 Å². The number of sulfonamides is 1. The van der Waals surface area contributed by atoms with Gasteiger partial charge in [0.1, 0.15) is 0 Å². The number of hydrogen-bond donors (Lipinski definition) is 0. The van der Waals surface area contributed by atoms with E-state index >= 15 is 0 Å². The van der Waals surface area contributed by atoms with Crippen LogP contribution >= 0.6 is 0 Å². The van der Waals surface area contributed by atoms with Crippen LogP contribution in [0.3, 0.4) is 0 Å². The summed E-state index contributed by atoms with van der Waals surface area (Å²) in [5, 5.41) is 11.0. The molecule has 0 spiro atoms. The van der Waals surface area contributed by atoms with Gasteiger partial charge in [-0.1, -0.05) is 6.07 Å². The number of carbonyl (C=O) groups is 1. The van der Waals surface area contributed by atoms with Crippen LogP contribution < -0.4 is 4.31 Å². The minimum atomic E-state index is -4.00. The van der Waals surface area contributed by atoms with Crippen molar-refractivity contribution in [2.45, 2.75) is 18.7 Å². The molecule has 0 atom stereocenters. The first kappa shape index (κ1) is 19.4. The minimum Gasteiger partial charge on any atom is -0.462 e.